The smallest absolute Gasteiger partial charge is 0.264 e. The summed E-state index contributed by atoms with van der Waals surface area (Å²) in [5.41, 5.74) is 7.24. The standard InChI is InChI=1S/C17H17N3O4S/c1-10-11(2)19-24-17(10)20-25(22,23)15-6-5-13-7-12(8-16(18)21)3-4-14(13)9-15/h3-7,9,20H,8H2,1-2H3,(H2,18,21). The number of nitrogens with zero attached hydrogens (tertiary/aromatic N) is 1. The molecule has 1 amide bonds. The van der Waals surface area contributed by atoms with Crippen LogP contribution in [0.2, 0.25) is 0 Å². The molecule has 0 spiro atoms. The van der Waals surface area contributed by atoms with Gasteiger partial charge in [0.25, 0.3) is 10.0 Å². The van der Waals surface area contributed by atoms with Gasteiger partial charge in [0, 0.05) is 5.56 Å². The lowest BCUT2D eigenvalue weighted by atomic mass is 10.1. The molecule has 0 atom stereocenters. The normalized spacial score (nSPS) is 11.6. The minimum Gasteiger partial charge on any atom is -0.369 e. The van der Waals surface area contributed by atoms with Crippen LogP contribution in [-0.4, -0.2) is 19.5 Å². The lowest BCUT2D eigenvalue weighted by molar-refractivity contribution is -0.117. The van der Waals surface area contributed by atoms with Crippen LogP contribution in [0.25, 0.3) is 10.8 Å². The zero-order valence-electron chi connectivity index (χ0n) is 13.7. The lowest BCUT2D eigenvalue weighted by Crippen LogP contribution is -2.14. The van der Waals surface area contributed by atoms with Gasteiger partial charge in [-0.2, -0.15) is 0 Å². The summed E-state index contributed by atoms with van der Waals surface area (Å²) in [6.07, 6.45) is 0.141. The number of carbonyl (C=O) groups is 1. The van der Waals surface area contributed by atoms with Gasteiger partial charge in [-0.15, -0.1) is 0 Å². The molecule has 1 aromatic heterocycles. The van der Waals surface area contributed by atoms with E-state index in [4.69, 9.17) is 10.3 Å². The van der Waals surface area contributed by atoms with Gasteiger partial charge >= 0.3 is 0 Å². The Bertz CT molecular complexity index is 1070. The van der Waals surface area contributed by atoms with E-state index >= 15 is 0 Å². The molecule has 0 fully saturated rings. The largest absolute Gasteiger partial charge is 0.369 e. The highest BCUT2D eigenvalue weighted by Crippen LogP contribution is 2.25. The van der Waals surface area contributed by atoms with E-state index in [-0.39, 0.29) is 17.2 Å². The first-order valence-electron chi connectivity index (χ1n) is 7.53. The van der Waals surface area contributed by atoms with Gasteiger partial charge in [-0.25, -0.2) is 13.1 Å². The molecule has 3 rings (SSSR count). The molecule has 0 aliphatic carbocycles. The van der Waals surface area contributed by atoms with Gasteiger partial charge in [-0.05, 0) is 42.3 Å². The van der Waals surface area contributed by atoms with Crippen LogP contribution in [0.4, 0.5) is 5.88 Å². The summed E-state index contributed by atoms with van der Waals surface area (Å²) in [7, 11) is -3.80. The fourth-order valence-electron chi connectivity index (χ4n) is 2.44. The minimum atomic E-state index is -3.80. The van der Waals surface area contributed by atoms with Gasteiger partial charge in [0.2, 0.25) is 11.8 Å². The number of primary amides is 1. The number of amides is 1. The summed E-state index contributed by atoms with van der Waals surface area (Å²) in [6.45, 7) is 3.46. The third kappa shape index (κ3) is 3.48. The van der Waals surface area contributed by atoms with Crippen LogP contribution in [-0.2, 0) is 21.2 Å². The van der Waals surface area contributed by atoms with E-state index in [0.717, 1.165) is 16.3 Å². The maximum atomic E-state index is 12.6. The quantitative estimate of drug-likeness (QED) is 0.725. The number of carbonyl (C=O) groups excluding carboxylic acids is 1. The molecule has 0 saturated heterocycles. The van der Waals surface area contributed by atoms with E-state index in [1.807, 2.05) is 6.07 Å². The first-order chi connectivity index (χ1) is 11.8. The molecule has 25 heavy (non-hydrogen) atoms. The van der Waals surface area contributed by atoms with Crippen molar-refractivity contribution >= 4 is 32.6 Å². The van der Waals surface area contributed by atoms with E-state index in [9.17, 15) is 13.2 Å². The van der Waals surface area contributed by atoms with Gasteiger partial charge in [0.1, 0.15) is 0 Å². The van der Waals surface area contributed by atoms with Crippen molar-refractivity contribution in [2.75, 3.05) is 4.72 Å². The molecule has 0 aliphatic rings. The minimum absolute atomic E-state index is 0.106. The van der Waals surface area contributed by atoms with Crippen molar-refractivity contribution in [1.82, 2.24) is 5.16 Å². The third-order valence-corrected chi connectivity index (χ3v) is 5.28. The Morgan fingerprint density at radius 2 is 1.84 bits per heavy atom. The van der Waals surface area contributed by atoms with Gasteiger partial charge in [0.05, 0.1) is 17.0 Å². The van der Waals surface area contributed by atoms with Crippen molar-refractivity contribution in [1.29, 1.82) is 0 Å². The second-order valence-corrected chi connectivity index (χ2v) is 7.50. The molecule has 0 unspecified atom stereocenters. The molecule has 8 heteroatoms. The maximum Gasteiger partial charge on any atom is 0.264 e. The summed E-state index contributed by atoms with van der Waals surface area (Å²) in [5, 5.41) is 5.30. The summed E-state index contributed by atoms with van der Waals surface area (Å²) in [5.74, 6) is -0.310. The molecule has 7 nitrogen and oxygen atoms in total. The maximum absolute atomic E-state index is 12.6. The molecular formula is C17H17N3O4S. The molecule has 0 saturated carbocycles. The first kappa shape index (κ1) is 17.0. The number of benzene rings is 2. The first-order valence-corrected chi connectivity index (χ1v) is 9.01. The number of fused-ring (bicyclic) bond motifs is 1. The number of hydrogen-bond acceptors (Lipinski definition) is 5. The Balaban J connectivity index is 1.95. The fraction of sp³-hybridized carbons (Fsp3) is 0.176. The summed E-state index contributed by atoms with van der Waals surface area (Å²) in [4.78, 5) is 11.1. The van der Waals surface area contributed by atoms with Gasteiger partial charge in [-0.3, -0.25) is 4.79 Å². The van der Waals surface area contributed by atoms with Crippen molar-refractivity contribution in [3.05, 3.63) is 53.2 Å². The fourth-order valence-corrected chi connectivity index (χ4v) is 3.52. The molecule has 0 aliphatic heterocycles. The van der Waals surface area contributed by atoms with Crippen molar-refractivity contribution in [2.24, 2.45) is 5.73 Å². The van der Waals surface area contributed by atoms with Gasteiger partial charge in [-0.1, -0.05) is 29.4 Å². The third-order valence-electron chi connectivity index (χ3n) is 3.95. The van der Waals surface area contributed by atoms with Crippen LogP contribution in [0.5, 0.6) is 0 Å². The van der Waals surface area contributed by atoms with E-state index in [0.29, 0.717) is 11.3 Å². The Kier molecular flexibility index (Phi) is 4.22. The van der Waals surface area contributed by atoms with E-state index in [1.54, 1.807) is 38.1 Å². The summed E-state index contributed by atoms with van der Waals surface area (Å²) >= 11 is 0. The zero-order valence-corrected chi connectivity index (χ0v) is 14.6. The number of nitrogens with two attached hydrogens (primary N) is 1. The number of sulfonamides is 1. The van der Waals surface area contributed by atoms with Crippen molar-refractivity contribution in [2.45, 2.75) is 25.2 Å². The number of aryl methyl sites for hydroxylation is 1. The molecule has 0 radical (unpaired) electrons. The average Bonchev–Trinajstić information content (AvgIpc) is 2.85. The van der Waals surface area contributed by atoms with Crippen LogP contribution >= 0.6 is 0 Å². The predicted octanol–water partition coefficient (Wildman–Crippen LogP) is 2.27. The highest BCUT2D eigenvalue weighted by molar-refractivity contribution is 7.92. The van der Waals surface area contributed by atoms with Gasteiger partial charge in [0.15, 0.2) is 0 Å². The molecule has 0 bridgehead atoms. The van der Waals surface area contributed by atoms with Crippen LogP contribution in [0.15, 0.2) is 45.8 Å². The predicted molar refractivity (Wildman–Crippen MR) is 93.6 cm³/mol. The number of rotatable bonds is 5. The summed E-state index contributed by atoms with van der Waals surface area (Å²) in [6, 6.07) is 10.1. The van der Waals surface area contributed by atoms with Crippen molar-refractivity contribution in [3.8, 4) is 0 Å². The van der Waals surface area contributed by atoms with E-state index < -0.39 is 15.9 Å². The molecular weight excluding hydrogens is 342 g/mol. The Morgan fingerprint density at radius 1 is 1.16 bits per heavy atom. The number of anilines is 1. The highest BCUT2D eigenvalue weighted by atomic mass is 32.2. The Labute approximate surface area is 144 Å². The zero-order chi connectivity index (χ0) is 18.2. The van der Waals surface area contributed by atoms with Crippen LogP contribution in [0.1, 0.15) is 16.8 Å². The van der Waals surface area contributed by atoms with E-state index in [2.05, 4.69) is 9.88 Å². The van der Waals surface area contributed by atoms with Crippen LogP contribution < -0.4 is 10.5 Å². The molecule has 1 heterocycles. The number of nitrogens with one attached hydrogen (secondary N) is 1. The van der Waals surface area contributed by atoms with E-state index in [1.165, 1.54) is 6.07 Å². The Hall–Kier alpha value is -2.87. The van der Waals surface area contributed by atoms with Crippen LogP contribution in [0, 0.1) is 13.8 Å². The Morgan fingerprint density at radius 3 is 2.48 bits per heavy atom. The molecule has 2 aromatic carbocycles. The highest BCUT2D eigenvalue weighted by Gasteiger charge is 2.19. The molecule has 3 N–H and O–H groups in total. The van der Waals surface area contributed by atoms with Crippen LogP contribution in [0.3, 0.4) is 0 Å². The molecule has 3 aromatic rings. The second-order valence-electron chi connectivity index (χ2n) is 5.81. The monoisotopic (exact) mass is 359 g/mol. The van der Waals surface area contributed by atoms with Gasteiger partial charge < -0.3 is 10.3 Å². The number of aromatic nitrogens is 1. The topological polar surface area (TPSA) is 115 Å². The summed E-state index contributed by atoms with van der Waals surface area (Å²) < 4.78 is 32.5. The second kappa shape index (κ2) is 6.21. The lowest BCUT2D eigenvalue weighted by Gasteiger charge is -2.08. The average molecular weight is 359 g/mol. The van der Waals surface area contributed by atoms with Crippen molar-refractivity contribution in [3.63, 3.8) is 0 Å². The van der Waals surface area contributed by atoms with Crippen molar-refractivity contribution < 1.29 is 17.7 Å². The molecule has 130 valence electrons. The number of hydrogen-bond donors (Lipinski definition) is 2. The SMILES string of the molecule is Cc1noc(NS(=O)(=O)c2ccc3cc(CC(N)=O)ccc3c2)c1C.